The lowest BCUT2D eigenvalue weighted by Crippen LogP contribution is -2.29. The molecule has 0 aliphatic heterocycles. The molecule has 0 fully saturated rings. The lowest BCUT2D eigenvalue weighted by atomic mass is 10.1. The second kappa shape index (κ2) is 42.0. The third-order valence-electron chi connectivity index (χ3n) is 7.84. The van der Waals surface area contributed by atoms with Crippen molar-refractivity contribution in [3.05, 3.63) is 122 Å². The van der Waals surface area contributed by atoms with Crippen LogP contribution in [0.1, 0.15) is 129 Å². The SMILES string of the molecule is CC/C=C/C/C=C/C/C=C/C/C=C/C/C=C/CCCCCC(=O)O[C@H](COC(=O)CCC/C=C/C/C=C/C/C=C/C/C=C/C/C=C/CC)COP(=O)(O)OCCN. The van der Waals surface area contributed by atoms with Gasteiger partial charge in [-0.3, -0.25) is 18.6 Å². The van der Waals surface area contributed by atoms with Crippen LogP contribution >= 0.6 is 7.82 Å². The molecule has 2 atom stereocenters. The molecule has 0 amide bonds. The van der Waals surface area contributed by atoms with E-state index in [-0.39, 0.29) is 32.6 Å². The number of allylic oxidation sites excluding steroid dienone is 20. The van der Waals surface area contributed by atoms with Crippen molar-refractivity contribution in [3.63, 3.8) is 0 Å². The van der Waals surface area contributed by atoms with Crippen molar-refractivity contribution in [2.45, 2.75) is 136 Å². The number of ether oxygens (including phenoxy) is 2. The highest BCUT2D eigenvalue weighted by molar-refractivity contribution is 7.47. The Balaban J connectivity index is 4.37. The molecule has 320 valence electrons. The predicted octanol–water partition coefficient (Wildman–Crippen LogP) is 12.2. The van der Waals surface area contributed by atoms with E-state index in [4.69, 9.17) is 24.3 Å². The summed E-state index contributed by atoms with van der Waals surface area (Å²) in [5.74, 6) is -0.950. The Morgan fingerprint density at radius 2 is 0.930 bits per heavy atom. The zero-order valence-electron chi connectivity index (χ0n) is 35.0. The van der Waals surface area contributed by atoms with Crippen molar-refractivity contribution in [2.75, 3.05) is 26.4 Å². The normalized spacial score (nSPS) is 14.5. The van der Waals surface area contributed by atoms with Crippen molar-refractivity contribution in [3.8, 4) is 0 Å². The number of phosphoric ester groups is 1. The van der Waals surface area contributed by atoms with Gasteiger partial charge in [0.05, 0.1) is 13.2 Å². The number of carbonyl (C=O) groups excluding carboxylic acids is 2. The number of hydrogen-bond acceptors (Lipinski definition) is 8. The van der Waals surface area contributed by atoms with E-state index < -0.39 is 32.5 Å². The van der Waals surface area contributed by atoms with Gasteiger partial charge in [0.15, 0.2) is 6.10 Å². The fourth-order valence-corrected chi connectivity index (χ4v) is 5.58. The highest BCUT2D eigenvalue weighted by atomic mass is 31.2. The van der Waals surface area contributed by atoms with Crippen molar-refractivity contribution < 1.29 is 37.6 Å². The average Bonchev–Trinajstić information content (AvgIpc) is 3.20. The molecule has 9 nitrogen and oxygen atoms in total. The van der Waals surface area contributed by atoms with Crippen LogP contribution < -0.4 is 5.73 Å². The summed E-state index contributed by atoms with van der Waals surface area (Å²) in [4.78, 5) is 34.8. The Morgan fingerprint density at radius 1 is 0.526 bits per heavy atom. The second-order valence-electron chi connectivity index (χ2n) is 13.1. The molecule has 10 heteroatoms. The lowest BCUT2D eigenvalue weighted by Gasteiger charge is -2.19. The first kappa shape index (κ1) is 53.4. The molecule has 0 aliphatic carbocycles. The van der Waals surface area contributed by atoms with E-state index in [0.29, 0.717) is 12.8 Å². The number of rotatable bonds is 37. The summed E-state index contributed by atoms with van der Waals surface area (Å²) in [5.41, 5.74) is 5.34. The Hall–Kier alpha value is -3.59. The summed E-state index contributed by atoms with van der Waals surface area (Å²) in [6, 6.07) is 0. The largest absolute Gasteiger partial charge is 0.472 e. The molecule has 3 N–H and O–H groups in total. The lowest BCUT2D eigenvalue weighted by molar-refractivity contribution is -0.161. The van der Waals surface area contributed by atoms with Gasteiger partial charge in [-0.15, -0.1) is 0 Å². The van der Waals surface area contributed by atoms with Gasteiger partial charge in [-0.25, -0.2) is 4.57 Å². The molecule has 0 bridgehead atoms. The van der Waals surface area contributed by atoms with Gasteiger partial charge in [0.25, 0.3) is 0 Å². The van der Waals surface area contributed by atoms with Gasteiger partial charge in [0.2, 0.25) is 0 Å². The van der Waals surface area contributed by atoms with Crippen LogP contribution in [0.2, 0.25) is 0 Å². The molecule has 0 aromatic rings. The van der Waals surface area contributed by atoms with Crippen LogP contribution in [-0.2, 0) is 32.7 Å². The summed E-state index contributed by atoms with van der Waals surface area (Å²) in [6.45, 7) is 3.36. The van der Waals surface area contributed by atoms with Gasteiger partial charge >= 0.3 is 19.8 Å². The Morgan fingerprint density at radius 3 is 1.37 bits per heavy atom. The first-order valence-electron chi connectivity index (χ1n) is 21.0. The third-order valence-corrected chi connectivity index (χ3v) is 8.83. The van der Waals surface area contributed by atoms with Crippen LogP contribution in [0.15, 0.2) is 122 Å². The van der Waals surface area contributed by atoms with Crippen molar-refractivity contribution in [1.82, 2.24) is 0 Å². The average molecular weight is 812 g/mol. The maximum absolute atomic E-state index is 12.6. The first-order chi connectivity index (χ1) is 27.8. The maximum atomic E-state index is 12.6. The summed E-state index contributed by atoms with van der Waals surface area (Å²) in [7, 11) is -4.41. The van der Waals surface area contributed by atoms with E-state index in [1.165, 1.54) is 0 Å². The van der Waals surface area contributed by atoms with E-state index in [1.54, 1.807) is 0 Å². The van der Waals surface area contributed by atoms with Gasteiger partial charge < -0.3 is 20.1 Å². The standard InChI is InChI=1S/C47H74NO8P/c1-3-5-7-9-11-13-15-17-19-21-22-24-26-28-30-32-34-36-38-40-47(50)56-45(44-55-57(51,52)54-42-41-48)43-53-46(49)39-37-35-33-31-29-27-25-23-20-18-16-14-12-10-8-6-4-2/h5-8,11-14,17-20,22,24-25,27-28,30-31,33,45H,3-4,9-10,15-16,21,23,26,29,32,34-44,48H2,1-2H3,(H,51,52)/b7-5+,8-6+,13-11+,14-12+,19-17+,20-18+,24-22+,27-25+,30-28+,33-31+/t45-/m1/s1. The number of carbonyl (C=O) groups is 2. The summed E-state index contributed by atoms with van der Waals surface area (Å²) in [6.07, 6.45) is 56.6. The fourth-order valence-electron chi connectivity index (χ4n) is 4.81. The smallest absolute Gasteiger partial charge is 0.462 e. The van der Waals surface area contributed by atoms with Crippen LogP contribution in [-0.4, -0.2) is 49.3 Å². The highest BCUT2D eigenvalue weighted by Crippen LogP contribution is 2.43. The molecular weight excluding hydrogens is 737 g/mol. The zero-order chi connectivity index (χ0) is 41.8. The monoisotopic (exact) mass is 812 g/mol. The first-order valence-corrected chi connectivity index (χ1v) is 22.5. The molecule has 1 unspecified atom stereocenters. The van der Waals surface area contributed by atoms with Crippen LogP contribution in [0.4, 0.5) is 0 Å². The van der Waals surface area contributed by atoms with E-state index in [2.05, 4.69) is 129 Å². The number of hydrogen-bond donors (Lipinski definition) is 2. The number of esters is 2. The highest BCUT2D eigenvalue weighted by Gasteiger charge is 2.25. The minimum Gasteiger partial charge on any atom is -0.462 e. The van der Waals surface area contributed by atoms with Gasteiger partial charge in [-0.05, 0) is 96.3 Å². The van der Waals surface area contributed by atoms with Crippen LogP contribution in [0.25, 0.3) is 0 Å². The quantitative estimate of drug-likeness (QED) is 0.0272. The van der Waals surface area contributed by atoms with Crippen LogP contribution in [0.3, 0.4) is 0 Å². The van der Waals surface area contributed by atoms with Gasteiger partial charge in [-0.2, -0.15) is 0 Å². The Labute approximate surface area is 345 Å². The van der Waals surface area contributed by atoms with Crippen LogP contribution in [0, 0.1) is 0 Å². The predicted molar refractivity (Wildman–Crippen MR) is 237 cm³/mol. The molecule has 0 aromatic heterocycles. The maximum Gasteiger partial charge on any atom is 0.472 e. The molecule has 0 spiro atoms. The van der Waals surface area contributed by atoms with Gasteiger partial charge in [0.1, 0.15) is 6.61 Å². The minimum atomic E-state index is -4.41. The summed E-state index contributed by atoms with van der Waals surface area (Å²) >= 11 is 0. The summed E-state index contributed by atoms with van der Waals surface area (Å²) in [5, 5.41) is 0. The van der Waals surface area contributed by atoms with Gasteiger partial charge in [-0.1, -0.05) is 142 Å². The number of nitrogens with two attached hydrogens (primary N) is 1. The van der Waals surface area contributed by atoms with Crippen molar-refractivity contribution in [2.24, 2.45) is 5.73 Å². The number of phosphoric acid groups is 1. The second-order valence-corrected chi connectivity index (χ2v) is 14.5. The molecule has 0 saturated carbocycles. The molecule has 0 saturated heterocycles. The fraction of sp³-hybridized carbons (Fsp3) is 0.532. The molecule has 0 heterocycles. The Kier molecular flexibility index (Phi) is 39.4. The van der Waals surface area contributed by atoms with Gasteiger partial charge in [0, 0.05) is 19.4 Å². The number of unbranched alkanes of at least 4 members (excludes halogenated alkanes) is 4. The van der Waals surface area contributed by atoms with Crippen LogP contribution in [0.5, 0.6) is 0 Å². The molecule has 57 heavy (non-hydrogen) atoms. The molecule has 0 rings (SSSR count). The topological polar surface area (TPSA) is 134 Å². The Bertz CT molecular complexity index is 1340. The summed E-state index contributed by atoms with van der Waals surface area (Å²) < 4.78 is 32.7. The van der Waals surface area contributed by atoms with E-state index >= 15 is 0 Å². The van der Waals surface area contributed by atoms with Crippen molar-refractivity contribution in [1.29, 1.82) is 0 Å². The third kappa shape index (κ3) is 41.9. The molecular formula is C47H74NO8P. The van der Waals surface area contributed by atoms with Crippen molar-refractivity contribution >= 4 is 19.8 Å². The molecule has 0 aromatic carbocycles. The zero-order valence-corrected chi connectivity index (χ0v) is 35.9. The van der Waals surface area contributed by atoms with E-state index in [0.717, 1.165) is 89.9 Å². The van der Waals surface area contributed by atoms with E-state index in [1.807, 2.05) is 6.08 Å². The molecule has 0 radical (unpaired) electrons. The minimum absolute atomic E-state index is 0.0324. The van der Waals surface area contributed by atoms with E-state index in [9.17, 15) is 19.0 Å². The molecule has 0 aliphatic rings.